The minimum absolute atomic E-state index is 0.253. The Kier molecular flexibility index (Phi) is 5.61. The molecular formula is C20H21N5O2. The van der Waals surface area contributed by atoms with Crippen LogP contribution in [-0.4, -0.2) is 26.6 Å². The first-order valence-corrected chi connectivity index (χ1v) is 8.77. The van der Waals surface area contributed by atoms with Crippen molar-refractivity contribution in [1.82, 2.24) is 14.8 Å². The number of benzene rings is 1. The zero-order valence-electron chi connectivity index (χ0n) is 15.1. The van der Waals surface area contributed by atoms with Crippen LogP contribution in [0.5, 0.6) is 0 Å². The highest BCUT2D eigenvalue weighted by molar-refractivity contribution is 6.05. The number of nitrogens with one attached hydrogen (secondary N) is 1. The van der Waals surface area contributed by atoms with Crippen LogP contribution in [0.15, 0.2) is 55.0 Å². The van der Waals surface area contributed by atoms with Crippen LogP contribution >= 0.6 is 0 Å². The molecule has 0 radical (unpaired) electrons. The smallest absolute Gasteiger partial charge is 0.258 e. The van der Waals surface area contributed by atoms with Crippen molar-refractivity contribution in [3.05, 3.63) is 66.1 Å². The summed E-state index contributed by atoms with van der Waals surface area (Å²) in [6.45, 7) is 2.79. The molecule has 27 heavy (non-hydrogen) atoms. The maximum atomic E-state index is 12.6. The Balaban J connectivity index is 1.95. The first-order chi connectivity index (χ1) is 13.1. The molecule has 138 valence electrons. The molecule has 0 bridgehead atoms. The number of primary amides is 1. The topological polar surface area (TPSA) is 103 Å². The molecule has 1 aromatic carbocycles. The molecule has 0 saturated heterocycles. The molecule has 7 nitrogen and oxygen atoms in total. The quantitative estimate of drug-likeness (QED) is 0.673. The maximum Gasteiger partial charge on any atom is 0.258 e. The Morgan fingerprint density at radius 3 is 2.52 bits per heavy atom. The summed E-state index contributed by atoms with van der Waals surface area (Å²) in [5.74, 6) is -0.120. The lowest BCUT2D eigenvalue weighted by atomic mass is 10.1. The summed E-state index contributed by atoms with van der Waals surface area (Å²) in [6.07, 6.45) is 6.81. The van der Waals surface area contributed by atoms with Gasteiger partial charge in [0, 0.05) is 30.1 Å². The standard InChI is InChI=1S/C20H21N5O2/c1-2-3-11-25-19(24-20(27)16-5-4-10-22-12-16)17(13-23-25)14-6-8-15(9-7-14)18(21)26/h4-10,12-13H,2-3,11H2,1H3,(H2,21,26)(H,24,27). The summed E-state index contributed by atoms with van der Waals surface area (Å²) < 4.78 is 1.79. The Morgan fingerprint density at radius 2 is 1.89 bits per heavy atom. The number of pyridine rings is 1. The van der Waals surface area contributed by atoms with E-state index in [1.54, 1.807) is 53.5 Å². The van der Waals surface area contributed by atoms with Crippen LogP contribution in [0.1, 0.15) is 40.5 Å². The molecule has 7 heteroatoms. The highest BCUT2D eigenvalue weighted by Crippen LogP contribution is 2.29. The van der Waals surface area contributed by atoms with Crippen molar-refractivity contribution in [3.8, 4) is 11.1 Å². The number of hydrogen-bond acceptors (Lipinski definition) is 4. The summed E-state index contributed by atoms with van der Waals surface area (Å²) >= 11 is 0. The van der Waals surface area contributed by atoms with Gasteiger partial charge in [-0.05, 0) is 36.2 Å². The number of carbonyl (C=O) groups excluding carboxylic acids is 2. The first kappa shape index (κ1) is 18.3. The average Bonchev–Trinajstić information content (AvgIpc) is 3.09. The van der Waals surface area contributed by atoms with Crippen LogP contribution in [0.4, 0.5) is 5.82 Å². The van der Waals surface area contributed by atoms with E-state index in [9.17, 15) is 9.59 Å². The van der Waals surface area contributed by atoms with Gasteiger partial charge in [0.25, 0.3) is 5.91 Å². The molecule has 0 aliphatic heterocycles. The molecule has 3 aromatic rings. The summed E-state index contributed by atoms with van der Waals surface area (Å²) in [7, 11) is 0. The van der Waals surface area contributed by atoms with Gasteiger partial charge in [0.1, 0.15) is 5.82 Å². The number of aromatic nitrogens is 3. The Labute approximate surface area is 157 Å². The fourth-order valence-corrected chi connectivity index (χ4v) is 2.70. The number of nitrogens with zero attached hydrogens (tertiary/aromatic N) is 3. The molecule has 0 fully saturated rings. The van der Waals surface area contributed by atoms with Gasteiger partial charge >= 0.3 is 0 Å². The fourth-order valence-electron chi connectivity index (χ4n) is 2.70. The number of aryl methyl sites for hydroxylation is 1. The van der Waals surface area contributed by atoms with Gasteiger partial charge in [0.2, 0.25) is 5.91 Å². The van der Waals surface area contributed by atoms with Crippen molar-refractivity contribution in [2.45, 2.75) is 26.3 Å². The monoisotopic (exact) mass is 363 g/mol. The minimum Gasteiger partial charge on any atom is -0.366 e. The summed E-state index contributed by atoms with van der Waals surface area (Å²) in [5.41, 5.74) is 7.81. The van der Waals surface area contributed by atoms with Crippen LogP contribution in [0.25, 0.3) is 11.1 Å². The second-order valence-electron chi connectivity index (χ2n) is 6.12. The molecular weight excluding hydrogens is 342 g/mol. The number of hydrogen-bond donors (Lipinski definition) is 2. The minimum atomic E-state index is -0.481. The van der Waals surface area contributed by atoms with Crippen molar-refractivity contribution < 1.29 is 9.59 Å². The third-order valence-corrected chi connectivity index (χ3v) is 4.20. The summed E-state index contributed by atoms with van der Waals surface area (Å²) in [5, 5.41) is 7.38. The molecule has 3 rings (SSSR count). The van der Waals surface area contributed by atoms with Crippen molar-refractivity contribution in [1.29, 1.82) is 0 Å². The van der Waals surface area contributed by atoms with Gasteiger partial charge in [-0.2, -0.15) is 5.10 Å². The number of unbranched alkanes of at least 4 members (excludes halogenated alkanes) is 1. The molecule has 2 heterocycles. The van der Waals surface area contributed by atoms with E-state index in [0.29, 0.717) is 23.5 Å². The predicted molar refractivity (Wildman–Crippen MR) is 103 cm³/mol. The Morgan fingerprint density at radius 1 is 1.11 bits per heavy atom. The van der Waals surface area contributed by atoms with Gasteiger partial charge in [-0.15, -0.1) is 0 Å². The number of rotatable bonds is 7. The van der Waals surface area contributed by atoms with E-state index in [1.807, 2.05) is 0 Å². The van der Waals surface area contributed by atoms with Crippen molar-refractivity contribution >= 4 is 17.6 Å². The molecule has 3 N–H and O–H groups in total. The highest BCUT2D eigenvalue weighted by atomic mass is 16.2. The average molecular weight is 363 g/mol. The normalized spacial score (nSPS) is 10.6. The molecule has 0 spiro atoms. The van der Waals surface area contributed by atoms with E-state index in [0.717, 1.165) is 24.0 Å². The van der Waals surface area contributed by atoms with Gasteiger partial charge in [-0.25, -0.2) is 4.68 Å². The zero-order valence-corrected chi connectivity index (χ0v) is 15.1. The van der Waals surface area contributed by atoms with Gasteiger partial charge in [-0.3, -0.25) is 14.6 Å². The van der Waals surface area contributed by atoms with Crippen LogP contribution in [0.2, 0.25) is 0 Å². The molecule has 2 aromatic heterocycles. The van der Waals surface area contributed by atoms with E-state index in [1.165, 1.54) is 6.20 Å². The van der Waals surface area contributed by atoms with Crippen LogP contribution in [-0.2, 0) is 6.54 Å². The maximum absolute atomic E-state index is 12.6. The first-order valence-electron chi connectivity index (χ1n) is 8.77. The van der Waals surface area contributed by atoms with Gasteiger partial charge < -0.3 is 11.1 Å². The highest BCUT2D eigenvalue weighted by Gasteiger charge is 2.16. The summed E-state index contributed by atoms with van der Waals surface area (Å²) in [4.78, 5) is 27.9. The fraction of sp³-hybridized carbons (Fsp3) is 0.200. The van der Waals surface area contributed by atoms with Crippen molar-refractivity contribution in [2.75, 3.05) is 5.32 Å². The number of amides is 2. The lowest BCUT2D eigenvalue weighted by Gasteiger charge is -2.11. The van der Waals surface area contributed by atoms with E-state index in [4.69, 9.17) is 5.73 Å². The third-order valence-electron chi connectivity index (χ3n) is 4.20. The Bertz CT molecular complexity index is 933. The lowest BCUT2D eigenvalue weighted by Crippen LogP contribution is -2.16. The molecule has 0 aliphatic carbocycles. The second-order valence-corrected chi connectivity index (χ2v) is 6.12. The van der Waals surface area contributed by atoms with Gasteiger partial charge in [0.05, 0.1) is 11.8 Å². The van der Waals surface area contributed by atoms with E-state index >= 15 is 0 Å². The van der Waals surface area contributed by atoms with Crippen LogP contribution in [0.3, 0.4) is 0 Å². The molecule has 0 unspecified atom stereocenters. The SMILES string of the molecule is CCCCn1ncc(-c2ccc(C(N)=O)cc2)c1NC(=O)c1cccnc1. The lowest BCUT2D eigenvalue weighted by molar-refractivity contribution is 0.0997. The zero-order chi connectivity index (χ0) is 19.2. The predicted octanol–water partition coefficient (Wildman–Crippen LogP) is 3.10. The molecule has 2 amide bonds. The van der Waals surface area contributed by atoms with E-state index in [-0.39, 0.29) is 5.91 Å². The van der Waals surface area contributed by atoms with Gasteiger partial charge in [0.15, 0.2) is 0 Å². The van der Waals surface area contributed by atoms with Gasteiger partial charge in [-0.1, -0.05) is 25.5 Å². The van der Waals surface area contributed by atoms with Crippen LogP contribution < -0.4 is 11.1 Å². The number of nitrogens with two attached hydrogens (primary N) is 1. The van der Waals surface area contributed by atoms with Crippen molar-refractivity contribution in [3.63, 3.8) is 0 Å². The largest absolute Gasteiger partial charge is 0.366 e. The summed E-state index contributed by atoms with van der Waals surface area (Å²) in [6, 6.07) is 10.3. The third kappa shape index (κ3) is 4.20. The number of anilines is 1. The van der Waals surface area contributed by atoms with E-state index < -0.39 is 5.91 Å². The molecule has 0 atom stereocenters. The van der Waals surface area contributed by atoms with Crippen molar-refractivity contribution in [2.24, 2.45) is 5.73 Å². The second kappa shape index (κ2) is 8.27. The Hall–Kier alpha value is -3.48. The van der Waals surface area contributed by atoms with E-state index in [2.05, 4.69) is 22.3 Å². The number of carbonyl (C=O) groups is 2. The molecule has 0 saturated carbocycles. The van der Waals surface area contributed by atoms with Crippen LogP contribution in [0, 0.1) is 0 Å². The molecule has 0 aliphatic rings.